The maximum Gasteiger partial charge on any atom is 0.314 e. The van der Waals surface area contributed by atoms with E-state index < -0.39 is 12.3 Å². The fraction of sp³-hybridized carbons (Fsp3) is 0.273. The molecule has 3 heterocycles. The van der Waals surface area contributed by atoms with E-state index in [-0.39, 0.29) is 5.89 Å². The van der Waals surface area contributed by atoms with Crippen molar-refractivity contribution >= 4 is 0 Å². The van der Waals surface area contributed by atoms with Crippen LogP contribution in [0.4, 0.5) is 8.78 Å². The Morgan fingerprint density at radius 2 is 1.52 bits per heavy atom. The average Bonchev–Trinajstić information content (AvgIpc) is 3.42. The molecule has 4 aromatic rings. The van der Waals surface area contributed by atoms with Crippen molar-refractivity contribution < 1.29 is 13.2 Å². The molecule has 2 aromatic carbocycles. The lowest BCUT2D eigenvalue weighted by molar-refractivity contribution is 0.116. The number of halogens is 2. The molecule has 9 heteroatoms. The third-order valence-electron chi connectivity index (χ3n) is 5.32. The number of rotatable bonds is 7. The summed E-state index contributed by atoms with van der Waals surface area (Å²) in [6.45, 7) is 3.90. The van der Waals surface area contributed by atoms with Gasteiger partial charge >= 0.3 is 6.43 Å². The van der Waals surface area contributed by atoms with E-state index in [0.29, 0.717) is 12.1 Å². The predicted molar refractivity (Wildman–Crippen MR) is 109 cm³/mol. The minimum absolute atomic E-state index is 0.0717. The summed E-state index contributed by atoms with van der Waals surface area (Å²) in [5, 5.41) is 15.5. The van der Waals surface area contributed by atoms with E-state index in [1.807, 2.05) is 18.3 Å². The van der Waals surface area contributed by atoms with Crippen LogP contribution in [0.3, 0.4) is 0 Å². The standard InChI is InChI=1S/C22H20F2N6O/c23-20(24)22-27-26-21(31-22)18-8-4-16(5-9-18)13-30-14-19(25-28-30)17-6-2-15(3-7-17)12-29-10-1-11-29/h2-9,14,20H,1,10-13H2. The molecule has 1 fully saturated rings. The van der Waals surface area contributed by atoms with Crippen molar-refractivity contribution in [1.82, 2.24) is 30.1 Å². The van der Waals surface area contributed by atoms with Crippen LogP contribution < -0.4 is 0 Å². The second-order valence-electron chi connectivity index (χ2n) is 7.57. The lowest BCUT2D eigenvalue weighted by Gasteiger charge is -2.30. The van der Waals surface area contributed by atoms with Gasteiger partial charge in [-0.3, -0.25) is 4.90 Å². The van der Waals surface area contributed by atoms with Gasteiger partial charge in [-0.2, -0.15) is 8.78 Å². The number of hydrogen-bond acceptors (Lipinski definition) is 6. The van der Waals surface area contributed by atoms with Crippen LogP contribution in [0.25, 0.3) is 22.7 Å². The first-order valence-corrected chi connectivity index (χ1v) is 10.1. The molecule has 0 spiro atoms. The van der Waals surface area contributed by atoms with E-state index >= 15 is 0 Å². The van der Waals surface area contributed by atoms with Crippen LogP contribution in [0.2, 0.25) is 0 Å². The van der Waals surface area contributed by atoms with Gasteiger partial charge in [0.05, 0.1) is 12.7 Å². The normalized spacial score (nSPS) is 14.2. The molecule has 0 radical (unpaired) electrons. The van der Waals surface area contributed by atoms with Gasteiger partial charge in [-0.1, -0.05) is 41.6 Å². The molecule has 0 unspecified atom stereocenters. The minimum atomic E-state index is -2.78. The molecular weight excluding hydrogens is 402 g/mol. The van der Waals surface area contributed by atoms with Crippen LogP contribution in [0.1, 0.15) is 29.9 Å². The quantitative estimate of drug-likeness (QED) is 0.445. The zero-order valence-electron chi connectivity index (χ0n) is 16.7. The number of aromatic nitrogens is 5. The van der Waals surface area contributed by atoms with Crippen molar-refractivity contribution in [2.24, 2.45) is 0 Å². The molecular formula is C22H20F2N6O. The van der Waals surface area contributed by atoms with Crippen molar-refractivity contribution in [2.75, 3.05) is 13.1 Å². The second kappa shape index (κ2) is 8.35. The smallest absolute Gasteiger partial charge is 0.314 e. The first-order chi connectivity index (χ1) is 15.1. The van der Waals surface area contributed by atoms with E-state index in [4.69, 9.17) is 4.42 Å². The van der Waals surface area contributed by atoms with Crippen molar-refractivity contribution in [3.05, 3.63) is 71.7 Å². The second-order valence-corrected chi connectivity index (χ2v) is 7.57. The molecule has 0 saturated carbocycles. The Hall–Kier alpha value is -3.46. The first kappa shape index (κ1) is 19.5. The van der Waals surface area contributed by atoms with Crippen LogP contribution in [0.15, 0.2) is 59.1 Å². The van der Waals surface area contributed by atoms with Crippen LogP contribution >= 0.6 is 0 Å². The molecule has 0 aliphatic carbocycles. The highest BCUT2D eigenvalue weighted by atomic mass is 19.3. The van der Waals surface area contributed by atoms with Crippen molar-refractivity contribution in [3.8, 4) is 22.7 Å². The van der Waals surface area contributed by atoms with Gasteiger partial charge in [-0.15, -0.1) is 15.3 Å². The Morgan fingerprint density at radius 1 is 0.839 bits per heavy atom. The number of benzene rings is 2. The average molecular weight is 422 g/mol. The van der Waals surface area contributed by atoms with Crippen LogP contribution in [0, 0.1) is 0 Å². The van der Waals surface area contributed by atoms with Gasteiger partial charge in [0.2, 0.25) is 5.89 Å². The summed E-state index contributed by atoms with van der Waals surface area (Å²) < 4.78 is 31.9. The molecule has 0 atom stereocenters. The first-order valence-electron chi connectivity index (χ1n) is 10.1. The third kappa shape index (κ3) is 4.36. The molecule has 1 aliphatic rings. The van der Waals surface area contributed by atoms with Crippen molar-refractivity contribution in [3.63, 3.8) is 0 Å². The molecule has 2 aromatic heterocycles. The molecule has 158 valence electrons. The fourth-order valence-corrected chi connectivity index (χ4v) is 3.47. The van der Waals surface area contributed by atoms with Gasteiger partial charge in [-0.25, -0.2) is 4.68 Å². The summed E-state index contributed by atoms with van der Waals surface area (Å²) in [6.07, 6.45) is 0.421. The number of hydrogen-bond donors (Lipinski definition) is 0. The molecule has 31 heavy (non-hydrogen) atoms. The number of nitrogens with zero attached hydrogens (tertiary/aromatic N) is 6. The van der Waals surface area contributed by atoms with E-state index in [1.54, 1.807) is 16.8 Å². The molecule has 7 nitrogen and oxygen atoms in total. The van der Waals surface area contributed by atoms with E-state index in [9.17, 15) is 8.78 Å². The largest absolute Gasteiger partial charge is 0.415 e. The van der Waals surface area contributed by atoms with E-state index in [2.05, 4.69) is 49.7 Å². The van der Waals surface area contributed by atoms with E-state index in [1.165, 1.54) is 25.1 Å². The van der Waals surface area contributed by atoms with Gasteiger partial charge in [0.15, 0.2) is 0 Å². The van der Waals surface area contributed by atoms with E-state index in [0.717, 1.165) is 23.4 Å². The lowest BCUT2D eigenvalue weighted by atomic mass is 10.1. The van der Waals surface area contributed by atoms with Crippen molar-refractivity contribution in [1.29, 1.82) is 0 Å². The monoisotopic (exact) mass is 422 g/mol. The minimum Gasteiger partial charge on any atom is -0.415 e. The summed E-state index contributed by atoms with van der Waals surface area (Å²) in [5.74, 6) is -0.606. The van der Waals surface area contributed by atoms with Gasteiger partial charge in [0.1, 0.15) is 5.69 Å². The number of alkyl halides is 2. The van der Waals surface area contributed by atoms with Crippen LogP contribution in [-0.2, 0) is 13.1 Å². The Labute approximate surface area is 177 Å². The Morgan fingerprint density at radius 3 is 2.13 bits per heavy atom. The summed E-state index contributed by atoms with van der Waals surface area (Å²) in [7, 11) is 0. The highest BCUT2D eigenvalue weighted by molar-refractivity contribution is 5.58. The Kier molecular flexibility index (Phi) is 5.25. The zero-order valence-corrected chi connectivity index (χ0v) is 16.7. The van der Waals surface area contributed by atoms with Crippen LogP contribution in [0.5, 0.6) is 0 Å². The highest BCUT2D eigenvalue weighted by Crippen LogP contribution is 2.24. The third-order valence-corrected chi connectivity index (χ3v) is 5.32. The SMILES string of the molecule is FC(F)c1nnc(-c2ccc(Cn3cc(-c4ccc(CN5CCC5)cc4)nn3)cc2)o1. The summed E-state index contributed by atoms with van der Waals surface area (Å²) in [4.78, 5) is 2.42. The van der Waals surface area contributed by atoms with Gasteiger partial charge in [-0.05, 0) is 42.8 Å². The Bertz CT molecular complexity index is 1150. The zero-order chi connectivity index (χ0) is 21.2. The summed E-state index contributed by atoms with van der Waals surface area (Å²) >= 11 is 0. The maximum atomic E-state index is 12.6. The summed E-state index contributed by atoms with van der Waals surface area (Å²) in [6, 6.07) is 15.7. The molecule has 1 aliphatic heterocycles. The number of likely N-dealkylation sites (tertiary alicyclic amines) is 1. The van der Waals surface area contributed by atoms with Crippen molar-refractivity contribution in [2.45, 2.75) is 25.9 Å². The predicted octanol–water partition coefficient (Wildman–Crippen LogP) is 4.19. The maximum absolute atomic E-state index is 12.6. The molecule has 5 rings (SSSR count). The lowest BCUT2D eigenvalue weighted by Crippen LogP contribution is -2.36. The van der Waals surface area contributed by atoms with Gasteiger partial charge in [0, 0.05) is 17.7 Å². The molecule has 0 bridgehead atoms. The molecule has 0 N–H and O–H groups in total. The van der Waals surface area contributed by atoms with Crippen LogP contribution in [-0.4, -0.2) is 43.2 Å². The fourth-order valence-electron chi connectivity index (χ4n) is 3.47. The molecule has 0 amide bonds. The summed E-state index contributed by atoms with van der Waals surface area (Å²) in [5.41, 5.74) is 4.72. The van der Waals surface area contributed by atoms with Gasteiger partial charge in [0.25, 0.3) is 5.89 Å². The Balaban J connectivity index is 1.23. The highest BCUT2D eigenvalue weighted by Gasteiger charge is 2.17. The van der Waals surface area contributed by atoms with Gasteiger partial charge < -0.3 is 4.42 Å². The topological polar surface area (TPSA) is 72.9 Å². The molecule has 1 saturated heterocycles.